The lowest BCUT2D eigenvalue weighted by Gasteiger charge is -2.09. The van der Waals surface area contributed by atoms with E-state index < -0.39 is 6.09 Å². The molecule has 0 bridgehead atoms. The molecule has 0 atom stereocenters. The third-order valence-corrected chi connectivity index (χ3v) is 3.15. The first-order chi connectivity index (χ1) is 10.0. The van der Waals surface area contributed by atoms with Gasteiger partial charge < -0.3 is 10.5 Å². The number of benzene rings is 2. The Morgan fingerprint density at radius 2 is 1.90 bits per heavy atom. The number of hydrogen-bond donors (Lipinski definition) is 2. The molecule has 0 aliphatic rings. The van der Waals surface area contributed by atoms with E-state index in [4.69, 9.17) is 10.5 Å². The van der Waals surface area contributed by atoms with E-state index in [-0.39, 0.29) is 6.61 Å². The zero-order valence-corrected chi connectivity index (χ0v) is 12.3. The van der Waals surface area contributed by atoms with Crippen LogP contribution in [0.4, 0.5) is 16.2 Å². The number of hydrogen-bond acceptors (Lipinski definition) is 3. The summed E-state index contributed by atoms with van der Waals surface area (Å²) in [6.45, 7) is 4.53. The average Bonchev–Trinajstić information content (AvgIpc) is 2.45. The van der Waals surface area contributed by atoms with E-state index >= 15 is 0 Å². The molecule has 0 saturated heterocycles. The van der Waals surface area contributed by atoms with E-state index in [9.17, 15) is 4.79 Å². The van der Waals surface area contributed by atoms with Crippen molar-refractivity contribution in [2.24, 2.45) is 0 Å². The Hall–Kier alpha value is -2.49. The van der Waals surface area contributed by atoms with Gasteiger partial charge in [0.25, 0.3) is 0 Å². The Morgan fingerprint density at radius 3 is 2.52 bits per heavy atom. The summed E-state index contributed by atoms with van der Waals surface area (Å²) in [6, 6.07) is 15.0. The van der Waals surface area contributed by atoms with Gasteiger partial charge in [0, 0.05) is 11.4 Å². The fourth-order valence-corrected chi connectivity index (χ4v) is 1.92. The molecule has 0 fully saturated rings. The maximum Gasteiger partial charge on any atom is 0.411 e. The summed E-state index contributed by atoms with van der Waals surface area (Å²) in [5, 5.41) is 2.64. The van der Waals surface area contributed by atoms with Crippen molar-refractivity contribution in [2.75, 3.05) is 11.1 Å². The van der Waals surface area contributed by atoms with E-state index in [1.807, 2.05) is 12.1 Å². The third kappa shape index (κ3) is 4.53. The van der Waals surface area contributed by atoms with Crippen LogP contribution >= 0.6 is 0 Å². The Bertz CT molecular complexity index is 606. The molecule has 0 saturated carbocycles. The molecule has 2 aromatic carbocycles. The molecule has 0 spiro atoms. The van der Waals surface area contributed by atoms with Crippen molar-refractivity contribution >= 4 is 17.5 Å². The molecular weight excluding hydrogens is 264 g/mol. The largest absolute Gasteiger partial charge is 0.444 e. The number of nitrogen functional groups attached to an aromatic ring is 1. The van der Waals surface area contributed by atoms with Gasteiger partial charge in [-0.1, -0.05) is 44.2 Å². The molecule has 4 nitrogen and oxygen atoms in total. The van der Waals surface area contributed by atoms with Crippen LogP contribution in [0, 0.1) is 0 Å². The Kier molecular flexibility index (Phi) is 4.82. The number of ether oxygens (including phenoxy) is 1. The summed E-state index contributed by atoms with van der Waals surface area (Å²) >= 11 is 0. The summed E-state index contributed by atoms with van der Waals surface area (Å²) in [5.74, 6) is 0.492. The second kappa shape index (κ2) is 6.79. The van der Waals surface area contributed by atoms with E-state index in [0.29, 0.717) is 17.3 Å². The smallest absolute Gasteiger partial charge is 0.411 e. The summed E-state index contributed by atoms with van der Waals surface area (Å²) in [7, 11) is 0. The molecule has 21 heavy (non-hydrogen) atoms. The minimum atomic E-state index is -0.492. The van der Waals surface area contributed by atoms with E-state index in [0.717, 1.165) is 5.56 Å². The van der Waals surface area contributed by atoms with Gasteiger partial charge in [-0.15, -0.1) is 0 Å². The van der Waals surface area contributed by atoms with Crippen LogP contribution in [0.2, 0.25) is 0 Å². The number of rotatable bonds is 4. The Labute approximate surface area is 124 Å². The predicted octanol–water partition coefficient (Wildman–Crippen LogP) is 4.14. The third-order valence-electron chi connectivity index (χ3n) is 3.15. The molecular formula is C17H20N2O2. The first-order valence-corrected chi connectivity index (χ1v) is 6.93. The fourth-order valence-electron chi connectivity index (χ4n) is 1.92. The topological polar surface area (TPSA) is 64.3 Å². The molecule has 0 unspecified atom stereocenters. The first-order valence-electron chi connectivity index (χ1n) is 6.93. The van der Waals surface area contributed by atoms with E-state index in [1.165, 1.54) is 5.56 Å². The van der Waals surface area contributed by atoms with Crippen LogP contribution in [-0.4, -0.2) is 6.09 Å². The van der Waals surface area contributed by atoms with Crippen LogP contribution in [0.25, 0.3) is 0 Å². The van der Waals surface area contributed by atoms with Crippen LogP contribution in [0.1, 0.15) is 30.9 Å². The maximum atomic E-state index is 11.7. The SMILES string of the molecule is CC(C)c1ccc(COC(=O)Nc2cccc(N)c2)cc1. The van der Waals surface area contributed by atoms with Gasteiger partial charge in [0.15, 0.2) is 0 Å². The van der Waals surface area contributed by atoms with Crippen LogP contribution in [0.3, 0.4) is 0 Å². The fraction of sp³-hybridized carbons (Fsp3) is 0.235. The molecule has 3 N–H and O–H groups in total. The van der Waals surface area contributed by atoms with Crippen LogP contribution in [-0.2, 0) is 11.3 Å². The first kappa shape index (κ1) is 14.9. The molecule has 0 aromatic heterocycles. The number of nitrogens with one attached hydrogen (secondary N) is 1. The summed E-state index contributed by atoms with van der Waals surface area (Å²) in [6.07, 6.45) is -0.492. The standard InChI is InChI=1S/C17H20N2O2/c1-12(2)14-8-6-13(7-9-14)11-21-17(20)19-16-5-3-4-15(18)10-16/h3-10,12H,11,18H2,1-2H3,(H,19,20). The highest BCUT2D eigenvalue weighted by Crippen LogP contribution is 2.16. The van der Waals surface area contributed by atoms with E-state index in [1.54, 1.807) is 24.3 Å². The van der Waals surface area contributed by atoms with Gasteiger partial charge in [-0.05, 0) is 35.2 Å². The van der Waals surface area contributed by atoms with Crippen molar-refractivity contribution in [3.63, 3.8) is 0 Å². The van der Waals surface area contributed by atoms with Gasteiger partial charge in [0.2, 0.25) is 0 Å². The molecule has 0 aliphatic heterocycles. The molecule has 2 rings (SSSR count). The minimum Gasteiger partial charge on any atom is -0.444 e. The molecule has 1 amide bonds. The lowest BCUT2D eigenvalue weighted by atomic mass is 10.0. The second-order valence-corrected chi connectivity index (χ2v) is 5.22. The quantitative estimate of drug-likeness (QED) is 0.829. The van der Waals surface area contributed by atoms with Crippen LogP contribution in [0.15, 0.2) is 48.5 Å². The lowest BCUT2D eigenvalue weighted by Crippen LogP contribution is -2.13. The molecule has 0 radical (unpaired) electrons. The number of carbonyl (C=O) groups is 1. The van der Waals surface area contributed by atoms with Crippen molar-refractivity contribution in [2.45, 2.75) is 26.4 Å². The van der Waals surface area contributed by atoms with E-state index in [2.05, 4.69) is 31.3 Å². The monoisotopic (exact) mass is 284 g/mol. The van der Waals surface area contributed by atoms with Crippen molar-refractivity contribution in [1.29, 1.82) is 0 Å². The minimum absolute atomic E-state index is 0.243. The molecule has 4 heteroatoms. The van der Waals surface area contributed by atoms with Crippen molar-refractivity contribution in [3.8, 4) is 0 Å². The van der Waals surface area contributed by atoms with Crippen LogP contribution in [0.5, 0.6) is 0 Å². The van der Waals surface area contributed by atoms with Gasteiger partial charge in [-0.3, -0.25) is 5.32 Å². The van der Waals surface area contributed by atoms with Crippen molar-refractivity contribution < 1.29 is 9.53 Å². The molecule has 0 aliphatic carbocycles. The van der Waals surface area contributed by atoms with Gasteiger partial charge in [0.1, 0.15) is 6.61 Å². The summed E-state index contributed by atoms with van der Waals surface area (Å²) in [4.78, 5) is 11.7. The second-order valence-electron chi connectivity index (χ2n) is 5.22. The molecule has 110 valence electrons. The Morgan fingerprint density at radius 1 is 1.19 bits per heavy atom. The Balaban J connectivity index is 1.86. The van der Waals surface area contributed by atoms with Crippen LogP contribution < -0.4 is 11.1 Å². The number of carbonyl (C=O) groups excluding carboxylic acids is 1. The van der Waals surface area contributed by atoms with Crippen molar-refractivity contribution in [1.82, 2.24) is 0 Å². The molecule has 0 heterocycles. The zero-order valence-electron chi connectivity index (χ0n) is 12.3. The maximum absolute atomic E-state index is 11.7. The molecule has 2 aromatic rings. The normalized spacial score (nSPS) is 10.4. The summed E-state index contributed by atoms with van der Waals surface area (Å²) < 4.78 is 5.18. The summed E-state index contributed by atoms with van der Waals surface area (Å²) in [5.41, 5.74) is 9.09. The highest BCUT2D eigenvalue weighted by atomic mass is 16.5. The predicted molar refractivity (Wildman–Crippen MR) is 85.2 cm³/mol. The van der Waals surface area contributed by atoms with Gasteiger partial charge in [0.05, 0.1) is 0 Å². The zero-order chi connectivity index (χ0) is 15.2. The van der Waals surface area contributed by atoms with Gasteiger partial charge in [-0.2, -0.15) is 0 Å². The highest BCUT2D eigenvalue weighted by molar-refractivity contribution is 5.85. The van der Waals surface area contributed by atoms with Gasteiger partial charge in [-0.25, -0.2) is 4.79 Å². The van der Waals surface area contributed by atoms with Crippen molar-refractivity contribution in [3.05, 3.63) is 59.7 Å². The number of nitrogens with two attached hydrogens (primary N) is 1. The lowest BCUT2D eigenvalue weighted by molar-refractivity contribution is 0.155. The van der Waals surface area contributed by atoms with Gasteiger partial charge >= 0.3 is 6.09 Å². The highest BCUT2D eigenvalue weighted by Gasteiger charge is 2.05. The number of anilines is 2. The number of amides is 1. The average molecular weight is 284 g/mol.